The smallest absolute Gasteiger partial charge is 0.238 e. The maximum Gasteiger partial charge on any atom is 0.238 e. The van der Waals surface area contributed by atoms with Crippen LogP contribution < -0.4 is 10.5 Å². The summed E-state index contributed by atoms with van der Waals surface area (Å²) in [5.74, 6) is 0.822. The molecule has 1 heterocycles. The third-order valence-electron chi connectivity index (χ3n) is 5.10. The van der Waals surface area contributed by atoms with Crippen molar-refractivity contribution in [2.45, 2.75) is 56.8 Å². The fraction of sp³-hybridized carbons (Fsp3) is 0.556. The third kappa shape index (κ3) is 4.61. The van der Waals surface area contributed by atoms with Crippen molar-refractivity contribution in [1.29, 1.82) is 0 Å². The largest absolute Gasteiger partial charge is 0.302 e. The SMILES string of the molecule is CCCCC1CCC(C(=O)Nc2nc3ccc(S(N)(=O)=O)cc3s2)CC1. The van der Waals surface area contributed by atoms with Crippen LogP contribution in [-0.4, -0.2) is 19.3 Å². The van der Waals surface area contributed by atoms with Crippen LogP contribution in [0, 0.1) is 11.8 Å². The first-order chi connectivity index (χ1) is 12.4. The van der Waals surface area contributed by atoms with E-state index in [2.05, 4.69) is 17.2 Å². The molecular formula is C18H25N3O3S2. The molecule has 0 radical (unpaired) electrons. The summed E-state index contributed by atoms with van der Waals surface area (Å²) in [4.78, 5) is 17.0. The summed E-state index contributed by atoms with van der Waals surface area (Å²) in [5, 5.41) is 8.57. The Hall–Kier alpha value is -1.51. The number of unbranched alkanes of at least 4 members (excludes halogenated alkanes) is 1. The number of hydrogen-bond acceptors (Lipinski definition) is 5. The molecule has 1 saturated carbocycles. The first-order valence-corrected chi connectivity index (χ1v) is 11.5. The van der Waals surface area contributed by atoms with Gasteiger partial charge in [-0.1, -0.05) is 37.5 Å². The normalized spacial score (nSPS) is 21.0. The number of primary sulfonamides is 1. The maximum absolute atomic E-state index is 12.5. The van der Waals surface area contributed by atoms with Crippen LogP contribution in [0.25, 0.3) is 10.2 Å². The van der Waals surface area contributed by atoms with E-state index in [0.717, 1.165) is 31.6 Å². The summed E-state index contributed by atoms with van der Waals surface area (Å²) in [6.45, 7) is 2.21. The van der Waals surface area contributed by atoms with Gasteiger partial charge in [-0.3, -0.25) is 4.79 Å². The van der Waals surface area contributed by atoms with Crippen LogP contribution in [0.1, 0.15) is 51.9 Å². The van der Waals surface area contributed by atoms with Crippen LogP contribution in [0.15, 0.2) is 23.1 Å². The summed E-state index contributed by atoms with van der Waals surface area (Å²) in [5.41, 5.74) is 0.654. The molecule has 0 bridgehead atoms. The topological polar surface area (TPSA) is 102 Å². The highest BCUT2D eigenvalue weighted by Crippen LogP contribution is 2.33. The minimum absolute atomic E-state index is 0.0182. The zero-order chi connectivity index (χ0) is 18.7. The predicted octanol–water partition coefficient (Wildman–Crippen LogP) is 3.88. The molecule has 0 unspecified atom stereocenters. The number of carbonyl (C=O) groups is 1. The number of anilines is 1. The number of amides is 1. The molecule has 0 atom stereocenters. The monoisotopic (exact) mass is 395 g/mol. The van der Waals surface area contributed by atoms with E-state index in [-0.39, 0.29) is 16.7 Å². The third-order valence-corrected chi connectivity index (χ3v) is 6.95. The van der Waals surface area contributed by atoms with Crippen molar-refractivity contribution >= 4 is 42.6 Å². The Morgan fingerprint density at radius 1 is 1.31 bits per heavy atom. The Bertz CT molecular complexity index is 884. The molecule has 1 aromatic heterocycles. The highest BCUT2D eigenvalue weighted by atomic mass is 32.2. The van der Waals surface area contributed by atoms with E-state index in [0.29, 0.717) is 15.3 Å². The van der Waals surface area contributed by atoms with E-state index in [1.54, 1.807) is 6.07 Å². The molecule has 3 N–H and O–H groups in total. The second-order valence-electron chi connectivity index (χ2n) is 7.04. The Morgan fingerprint density at radius 2 is 2.04 bits per heavy atom. The molecule has 0 spiro atoms. The molecule has 26 heavy (non-hydrogen) atoms. The first kappa shape index (κ1) is 19.3. The molecule has 8 heteroatoms. The van der Waals surface area contributed by atoms with Crippen LogP contribution in [0.5, 0.6) is 0 Å². The number of nitrogens with two attached hydrogens (primary N) is 1. The lowest BCUT2D eigenvalue weighted by Crippen LogP contribution is -2.27. The first-order valence-electron chi connectivity index (χ1n) is 9.11. The van der Waals surface area contributed by atoms with E-state index >= 15 is 0 Å². The second-order valence-corrected chi connectivity index (χ2v) is 9.63. The number of hydrogen-bond donors (Lipinski definition) is 2. The van der Waals surface area contributed by atoms with Crippen LogP contribution in [0.2, 0.25) is 0 Å². The molecule has 0 saturated heterocycles. The molecule has 1 aliphatic carbocycles. The maximum atomic E-state index is 12.5. The number of benzene rings is 1. The minimum Gasteiger partial charge on any atom is -0.302 e. The van der Waals surface area contributed by atoms with Crippen molar-refractivity contribution in [3.8, 4) is 0 Å². The number of thiazole rings is 1. The van der Waals surface area contributed by atoms with Crippen molar-refractivity contribution in [3.05, 3.63) is 18.2 Å². The van der Waals surface area contributed by atoms with Gasteiger partial charge in [-0.15, -0.1) is 0 Å². The number of nitrogens with zero attached hydrogens (tertiary/aromatic N) is 1. The van der Waals surface area contributed by atoms with E-state index < -0.39 is 10.0 Å². The summed E-state index contributed by atoms with van der Waals surface area (Å²) < 4.78 is 23.6. The van der Waals surface area contributed by atoms with Crippen molar-refractivity contribution in [2.75, 3.05) is 5.32 Å². The molecule has 2 aromatic rings. The molecule has 1 fully saturated rings. The van der Waals surface area contributed by atoms with Gasteiger partial charge in [0.05, 0.1) is 15.1 Å². The van der Waals surface area contributed by atoms with Crippen molar-refractivity contribution in [3.63, 3.8) is 0 Å². The van der Waals surface area contributed by atoms with Crippen molar-refractivity contribution in [1.82, 2.24) is 4.98 Å². The van der Waals surface area contributed by atoms with Gasteiger partial charge in [0, 0.05) is 5.92 Å². The van der Waals surface area contributed by atoms with Gasteiger partial charge < -0.3 is 5.32 Å². The standard InChI is InChI=1S/C18H25N3O3S2/c1-2-3-4-12-5-7-13(8-6-12)17(22)21-18-20-15-10-9-14(26(19,23)24)11-16(15)25-18/h9-13H,2-8H2,1H3,(H2,19,23,24)(H,20,21,22). The molecule has 1 amide bonds. The second kappa shape index (κ2) is 8.02. The summed E-state index contributed by atoms with van der Waals surface area (Å²) in [6, 6.07) is 4.54. The summed E-state index contributed by atoms with van der Waals surface area (Å²) in [6.07, 6.45) is 7.88. The molecule has 1 aromatic carbocycles. The van der Waals surface area contributed by atoms with Gasteiger partial charge >= 0.3 is 0 Å². The number of carbonyl (C=O) groups excluding carboxylic acids is 1. The molecule has 3 rings (SSSR count). The molecule has 142 valence electrons. The van der Waals surface area contributed by atoms with Crippen LogP contribution in [0.4, 0.5) is 5.13 Å². The van der Waals surface area contributed by atoms with Gasteiger partial charge in [-0.25, -0.2) is 18.5 Å². The molecule has 6 nitrogen and oxygen atoms in total. The van der Waals surface area contributed by atoms with Crippen LogP contribution in [0.3, 0.4) is 0 Å². The lowest BCUT2D eigenvalue weighted by atomic mass is 9.79. The van der Waals surface area contributed by atoms with Gasteiger partial charge in [0.15, 0.2) is 5.13 Å². The number of sulfonamides is 1. The number of fused-ring (bicyclic) bond motifs is 1. The van der Waals surface area contributed by atoms with Gasteiger partial charge in [0.1, 0.15) is 0 Å². The van der Waals surface area contributed by atoms with Gasteiger partial charge in [-0.2, -0.15) is 0 Å². The Balaban J connectivity index is 1.63. The lowest BCUT2D eigenvalue weighted by Gasteiger charge is -2.27. The lowest BCUT2D eigenvalue weighted by molar-refractivity contribution is -0.121. The predicted molar refractivity (Wildman–Crippen MR) is 105 cm³/mol. The average molecular weight is 396 g/mol. The fourth-order valence-electron chi connectivity index (χ4n) is 3.55. The molecular weight excluding hydrogens is 370 g/mol. The Kier molecular flexibility index (Phi) is 5.94. The Morgan fingerprint density at radius 3 is 2.69 bits per heavy atom. The van der Waals surface area contributed by atoms with Crippen LogP contribution in [-0.2, 0) is 14.8 Å². The number of rotatable bonds is 6. The van der Waals surface area contributed by atoms with Gasteiger partial charge in [-0.05, 0) is 49.8 Å². The van der Waals surface area contributed by atoms with Crippen LogP contribution >= 0.6 is 11.3 Å². The highest BCUT2D eigenvalue weighted by Gasteiger charge is 2.26. The van der Waals surface area contributed by atoms with E-state index in [4.69, 9.17) is 5.14 Å². The number of nitrogens with one attached hydrogen (secondary N) is 1. The fourth-order valence-corrected chi connectivity index (χ4v) is 5.07. The quantitative estimate of drug-likeness (QED) is 0.775. The zero-order valence-corrected chi connectivity index (χ0v) is 16.5. The highest BCUT2D eigenvalue weighted by molar-refractivity contribution is 7.89. The van der Waals surface area contributed by atoms with E-state index in [1.807, 2.05) is 0 Å². The van der Waals surface area contributed by atoms with Gasteiger partial charge in [0.25, 0.3) is 0 Å². The van der Waals surface area contributed by atoms with E-state index in [9.17, 15) is 13.2 Å². The minimum atomic E-state index is -3.75. The summed E-state index contributed by atoms with van der Waals surface area (Å²) >= 11 is 1.27. The van der Waals surface area contributed by atoms with E-state index in [1.165, 1.54) is 42.7 Å². The van der Waals surface area contributed by atoms with Crippen molar-refractivity contribution in [2.24, 2.45) is 17.0 Å². The summed E-state index contributed by atoms with van der Waals surface area (Å²) in [7, 11) is -3.75. The van der Waals surface area contributed by atoms with Crippen molar-refractivity contribution < 1.29 is 13.2 Å². The van der Waals surface area contributed by atoms with Gasteiger partial charge in [0.2, 0.25) is 15.9 Å². The average Bonchev–Trinajstić information content (AvgIpc) is 3.01. The Labute approximate surface area is 158 Å². The molecule has 1 aliphatic rings. The zero-order valence-electron chi connectivity index (χ0n) is 14.9. The number of aromatic nitrogens is 1. The molecule has 0 aliphatic heterocycles.